The molecule has 0 N–H and O–H groups in total. The number of benzene rings is 1. The Labute approximate surface area is 128 Å². The Hall–Kier alpha value is -1.72. The smallest absolute Gasteiger partial charge is 0.471 e. The fourth-order valence-corrected chi connectivity index (χ4v) is 2.85. The Morgan fingerprint density at radius 3 is 2.50 bits per heavy atom. The van der Waals surface area contributed by atoms with E-state index in [1.165, 1.54) is 0 Å². The van der Waals surface area contributed by atoms with Gasteiger partial charge in [-0.2, -0.15) is 13.2 Å². The van der Waals surface area contributed by atoms with Gasteiger partial charge in [0.25, 0.3) is 0 Å². The first kappa shape index (κ1) is 16.6. The van der Waals surface area contributed by atoms with Gasteiger partial charge in [0.2, 0.25) is 0 Å². The first-order chi connectivity index (χ1) is 10.4. The SMILES string of the molecule is COc1ccc(CC2CCCCCN2C(=O)C(F)(F)F)cc1. The topological polar surface area (TPSA) is 29.5 Å². The highest BCUT2D eigenvalue weighted by Crippen LogP contribution is 2.26. The number of hydrogen-bond acceptors (Lipinski definition) is 2. The summed E-state index contributed by atoms with van der Waals surface area (Å²) in [6, 6.07) is 6.83. The standard InChI is InChI=1S/C16H20F3NO2/c1-22-14-8-6-12(7-9-14)11-13-5-3-2-4-10-20(13)15(21)16(17,18)19/h6-9,13H,2-5,10-11H2,1H3. The van der Waals surface area contributed by atoms with Crippen molar-refractivity contribution in [1.29, 1.82) is 0 Å². The Bertz CT molecular complexity index is 499. The first-order valence-electron chi connectivity index (χ1n) is 7.42. The summed E-state index contributed by atoms with van der Waals surface area (Å²) in [7, 11) is 1.56. The molecule has 0 spiro atoms. The van der Waals surface area contributed by atoms with Crippen LogP contribution in [-0.2, 0) is 11.2 Å². The molecule has 0 aromatic heterocycles. The molecule has 1 unspecified atom stereocenters. The number of amides is 1. The van der Waals surface area contributed by atoms with Gasteiger partial charge in [-0.1, -0.05) is 25.0 Å². The normalized spacial score (nSPS) is 19.6. The Kier molecular flexibility index (Phi) is 5.32. The molecule has 0 bridgehead atoms. The number of hydrogen-bond donors (Lipinski definition) is 0. The van der Waals surface area contributed by atoms with E-state index in [9.17, 15) is 18.0 Å². The molecule has 0 aliphatic carbocycles. The number of halogens is 3. The number of rotatable bonds is 3. The average molecular weight is 315 g/mol. The predicted molar refractivity (Wildman–Crippen MR) is 76.7 cm³/mol. The zero-order valence-corrected chi connectivity index (χ0v) is 12.5. The van der Waals surface area contributed by atoms with E-state index in [2.05, 4.69) is 0 Å². The van der Waals surface area contributed by atoms with Crippen LogP contribution < -0.4 is 4.74 Å². The zero-order chi connectivity index (χ0) is 16.2. The highest BCUT2D eigenvalue weighted by Gasteiger charge is 2.44. The molecule has 1 aromatic rings. The third kappa shape index (κ3) is 4.15. The quantitative estimate of drug-likeness (QED) is 0.853. The maximum absolute atomic E-state index is 12.8. The lowest BCUT2D eigenvalue weighted by Gasteiger charge is -2.30. The van der Waals surface area contributed by atoms with E-state index in [0.717, 1.165) is 23.3 Å². The molecule has 3 nitrogen and oxygen atoms in total. The van der Waals surface area contributed by atoms with Crippen molar-refractivity contribution in [2.45, 2.75) is 44.3 Å². The van der Waals surface area contributed by atoms with E-state index < -0.39 is 18.1 Å². The lowest BCUT2D eigenvalue weighted by atomic mass is 10.0. The predicted octanol–water partition coefficient (Wildman–Crippen LogP) is 3.57. The number of methoxy groups -OCH3 is 1. The van der Waals surface area contributed by atoms with Crippen LogP contribution in [0.3, 0.4) is 0 Å². The number of likely N-dealkylation sites (tertiary alicyclic amines) is 1. The molecule has 1 saturated heterocycles. The summed E-state index contributed by atoms with van der Waals surface area (Å²) < 4.78 is 43.4. The summed E-state index contributed by atoms with van der Waals surface area (Å²) in [5.74, 6) is -1.01. The fraction of sp³-hybridized carbons (Fsp3) is 0.562. The lowest BCUT2D eigenvalue weighted by Crippen LogP contribution is -2.47. The molecule has 1 amide bonds. The average Bonchev–Trinajstić information content (AvgIpc) is 2.72. The summed E-state index contributed by atoms with van der Waals surface area (Å²) in [6.07, 6.45) is -1.42. The molecule has 1 aliphatic heterocycles. The lowest BCUT2D eigenvalue weighted by molar-refractivity contribution is -0.187. The highest BCUT2D eigenvalue weighted by atomic mass is 19.4. The third-order valence-corrected chi connectivity index (χ3v) is 4.01. The number of carbonyl (C=O) groups is 1. The molecule has 1 aromatic carbocycles. The minimum Gasteiger partial charge on any atom is -0.497 e. The van der Waals surface area contributed by atoms with Gasteiger partial charge in [0.05, 0.1) is 7.11 Å². The van der Waals surface area contributed by atoms with Gasteiger partial charge in [-0.05, 0) is 37.0 Å². The van der Waals surface area contributed by atoms with E-state index in [4.69, 9.17) is 4.74 Å². The first-order valence-corrected chi connectivity index (χ1v) is 7.42. The molecule has 122 valence electrons. The third-order valence-electron chi connectivity index (χ3n) is 4.01. The second kappa shape index (κ2) is 7.03. The monoisotopic (exact) mass is 315 g/mol. The van der Waals surface area contributed by atoms with Gasteiger partial charge >= 0.3 is 12.1 Å². The molecule has 1 heterocycles. The summed E-state index contributed by atoms with van der Waals surface area (Å²) in [5.41, 5.74) is 0.910. The summed E-state index contributed by atoms with van der Waals surface area (Å²) in [5, 5.41) is 0. The van der Waals surface area contributed by atoms with Gasteiger partial charge in [0, 0.05) is 12.6 Å². The molecule has 1 aliphatic rings. The molecule has 0 saturated carbocycles. The summed E-state index contributed by atoms with van der Waals surface area (Å²) in [6.45, 7) is 0.180. The second-order valence-electron chi connectivity index (χ2n) is 5.55. The summed E-state index contributed by atoms with van der Waals surface area (Å²) in [4.78, 5) is 12.7. The van der Waals surface area contributed by atoms with Gasteiger partial charge in [0.15, 0.2) is 0 Å². The number of carbonyl (C=O) groups excluding carboxylic acids is 1. The van der Waals surface area contributed by atoms with E-state index in [1.54, 1.807) is 19.2 Å². The highest BCUT2D eigenvalue weighted by molar-refractivity contribution is 5.82. The molecule has 1 fully saturated rings. The molecule has 1 atom stereocenters. The van der Waals surface area contributed by atoms with Crippen LogP contribution in [0.1, 0.15) is 31.2 Å². The number of ether oxygens (including phenoxy) is 1. The van der Waals surface area contributed by atoms with Crippen LogP contribution >= 0.6 is 0 Å². The van der Waals surface area contributed by atoms with Gasteiger partial charge < -0.3 is 9.64 Å². The van der Waals surface area contributed by atoms with Gasteiger partial charge in [-0.15, -0.1) is 0 Å². The van der Waals surface area contributed by atoms with Crippen molar-refractivity contribution in [3.05, 3.63) is 29.8 Å². The minimum atomic E-state index is -4.80. The van der Waals surface area contributed by atoms with Crippen LogP contribution in [0.4, 0.5) is 13.2 Å². The maximum atomic E-state index is 12.8. The Morgan fingerprint density at radius 2 is 1.91 bits per heavy atom. The van der Waals surface area contributed by atoms with E-state index in [1.807, 2.05) is 12.1 Å². The second-order valence-corrected chi connectivity index (χ2v) is 5.55. The van der Waals surface area contributed by atoms with Crippen molar-refractivity contribution in [3.8, 4) is 5.75 Å². The van der Waals surface area contributed by atoms with E-state index in [0.29, 0.717) is 25.0 Å². The summed E-state index contributed by atoms with van der Waals surface area (Å²) >= 11 is 0. The maximum Gasteiger partial charge on any atom is 0.471 e. The number of nitrogens with zero attached hydrogens (tertiary/aromatic N) is 1. The molecular formula is C16H20F3NO2. The van der Waals surface area contributed by atoms with Gasteiger partial charge in [0.1, 0.15) is 5.75 Å². The molecule has 0 radical (unpaired) electrons. The van der Waals surface area contributed by atoms with Crippen LogP contribution in [0, 0.1) is 0 Å². The molecule has 6 heteroatoms. The van der Waals surface area contributed by atoms with Crippen molar-refractivity contribution in [2.75, 3.05) is 13.7 Å². The van der Waals surface area contributed by atoms with Crippen molar-refractivity contribution in [2.24, 2.45) is 0 Å². The van der Waals surface area contributed by atoms with E-state index in [-0.39, 0.29) is 6.54 Å². The molecule has 22 heavy (non-hydrogen) atoms. The van der Waals surface area contributed by atoms with Gasteiger partial charge in [-0.25, -0.2) is 0 Å². The van der Waals surface area contributed by atoms with Crippen molar-refractivity contribution in [3.63, 3.8) is 0 Å². The molecular weight excluding hydrogens is 295 g/mol. The largest absolute Gasteiger partial charge is 0.497 e. The minimum absolute atomic E-state index is 0.180. The Balaban J connectivity index is 2.14. The van der Waals surface area contributed by atoms with Crippen LogP contribution in [-0.4, -0.2) is 36.7 Å². The zero-order valence-electron chi connectivity index (χ0n) is 12.5. The van der Waals surface area contributed by atoms with Crippen LogP contribution in [0.15, 0.2) is 24.3 Å². The molecule has 2 rings (SSSR count). The van der Waals surface area contributed by atoms with Crippen molar-refractivity contribution < 1.29 is 22.7 Å². The van der Waals surface area contributed by atoms with Crippen LogP contribution in [0.25, 0.3) is 0 Å². The Morgan fingerprint density at radius 1 is 1.23 bits per heavy atom. The van der Waals surface area contributed by atoms with Crippen molar-refractivity contribution >= 4 is 5.91 Å². The van der Waals surface area contributed by atoms with E-state index >= 15 is 0 Å². The fourth-order valence-electron chi connectivity index (χ4n) is 2.85. The number of alkyl halides is 3. The van der Waals surface area contributed by atoms with Gasteiger partial charge in [-0.3, -0.25) is 4.79 Å². The van der Waals surface area contributed by atoms with Crippen molar-refractivity contribution in [1.82, 2.24) is 4.90 Å². The van der Waals surface area contributed by atoms with Crippen LogP contribution in [0.5, 0.6) is 5.75 Å². The van der Waals surface area contributed by atoms with Crippen LogP contribution in [0.2, 0.25) is 0 Å².